The average molecular weight is 184 g/mol. The zero-order valence-electron chi connectivity index (χ0n) is 8.14. The van der Waals surface area contributed by atoms with Gasteiger partial charge in [0.1, 0.15) is 5.82 Å². The molecule has 1 heterocycles. The summed E-state index contributed by atoms with van der Waals surface area (Å²) in [5, 5.41) is 0. The normalized spacial score (nSPS) is 10.1. The number of rotatable bonds is 2. The van der Waals surface area contributed by atoms with Gasteiger partial charge in [-0.2, -0.15) is 0 Å². The van der Waals surface area contributed by atoms with Gasteiger partial charge in [0.15, 0.2) is 0 Å². The lowest BCUT2D eigenvalue weighted by molar-refractivity contribution is 0.974. The first-order chi connectivity index (χ1) is 6.81. The van der Waals surface area contributed by atoms with Gasteiger partial charge in [-0.15, -0.1) is 0 Å². The molecular formula is C12H12N2. The lowest BCUT2D eigenvalue weighted by atomic mass is 10.2. The van der Waals surface area contributed by atoms with Crippen LogP contribution in [0.3, 0.4) is 0 Å². The molecule has 0 bridgehead atoms. The van der Waals surface area contributed by atoms with Crippen molar-refractivity contribution < 1.29 is 0 Å². The fraction of sp³-hybridized carbons (Fsp3) is 0.0833. The summed E-state index contributed by atoms with van der Waals surface area (Å²) in [6.07, 6.45) is 5.60. The lowest BCUT2D eigenvalue weighted by Gasteiger charge is -2.05. The molecule has 1 aromatic heterocycles. The lowest BCUT2D eigenvalue weighted by Crippen LogP contribution is -1.95. The molecule has 0 aliphatic heterocycles. The van der Waals surface area contributed by atoms with Crippen molar-refractivity contribution in [1.82, 2.24) is 9.55 Å². The molecule has 14 heavy (non-hydrogen) atoms. The molecule has 0 aliphatic carbocycles. The molecule has 0 spiro atoms. The average Bonchev–Trinajstić information content (AvgIpc) is 2.65. The van der Waals surface area contributed by atoms with Gasteiger partial charge in [-0.1, -0.05) is 24.8 Å². The summed E-state index contributed by atoms with van der Waals surface area (Å²) in [5.41, 5.74) is 2.24. The summed E-state index contributed by atoms with van der Waals surface area (Å²) in [7, 11) is 0. The standard InChI is InChI=1S/C12H12N2/c1-3-11-5-4-6-12(9-11)14-8-7-13-10(14)2/h3-9H,1H2,2H3. The molecule has 0 radical (unpaired) electrons. The summed E-state index contributed by atoms with van der Waals surface area (Å²) in [4.78, 5) is 4.19. The highest BCUT2D eigenvalue weighted by Gasteiger charge is 1.99. The summed E-state index contributed by atoms with van der Waals surface area (Å²) < 4.78 is 2.05. The van der Waals surface area contributed by atoms with Gasteiger partial charge in [0, 0.05) is 18.1 Å². The van der Waals surface area contributed by atoms with Crippen molar-refractivity contribution >= 4 is 6.08 Å². The summed E-state index contributed by atoms with van der Waals surface area (Å²) in [6, 6.07) is 8.19. The third-order valence-electron chi connectivity index (χ3n) is 2.21. The van der Waals surface area contributed by atoms with Crippen molar-refractivity contribution in [3.05, 3.63) is 54.6 Å². The second kappa shape index (κ2) is 3.50. The summed E-state index contributed by atoms with van der Waals surface area (Å²) in [6.45, 7) is 5.74. The Kier molecular flexibility index (Phi) is 2.19. The van der Waals surface area contributed by atoms with E-state index in [1.165, 1.54) is 0 Å². The first-order valence-electron chi connectivity index (χ1n) is 4.54. The topological polar surface area (TPSA) is 17.8 Å². The highest BCUT2D eigenvalue weighted by molar-refractivity contribution is 5.51. The molecule has 70 valence electrons. The van der Waals surface area contributed by atoms with Crippen LogP contribution in [-0.2, 0) is 0 Å². The zero-order chi connectivity index (χ0) is 9.97. The van der Waals surface area contributed by atoms with Crippen LogP contribution in [0.25, 0.3) is 11.8 Å². The number of hydrogen-bond donors (Lipinski definition) is 0. The van der Waals surface area contributed by atoms with Gasteiger partial charge in [0.05, 0.1) is 0 Å². The van der Waals surface area contributed by atoms with Crippen molar-refractivity contribution in [2.75, 3.05) is 0 Å². The Labute approximate surface area is 83.5 Å². The van der Waals surface area contributed by atoms with E-state index >= 15 is 0 Å². The Hall–Kier alpha value is -1.83. The molecule has 2 heteroatoms. The monoisotopic (exact) mass is 184 g/mol. The number of hydrogen-bond acceptors (Lipinski definition) is 1. The van der Waals surface area contributed by atoms with Gasteiger partial charge in [-0.05, 0) is 24.6 Å². The minimum atomic E-state index is 0.992. The van der Waals surface area contributed by atoms with Gasteiger partial charge in [0.2, 0.25) is 0 Å². The van der Waals surface area contributed by atoms with Crippen LogP contribution < -0.4 is 0 Å². The highest BCUT2D eigenvalue weighted by Crippen LogP contribution is 2.12. The molecule has 2 aromatic rings. The smallest absolute Gasteiger partial charge is 0.110 e. The molecule has 1 aromatic carbocycles. The van der Waals surface area contributed by atoms with Crippen LogP contribution in [0.4, 0.5) is 0 Å². The minimum Gasteiger partial charge on any atom is -0.304 e. The first-order valence-corrected chi connectivity index (χ1v) is 4.54. The number of benzene rings is 1. The van der Waals surface area contributed by atoms with Crippen molar-refractivity contribution in [3.63, 3.8) is 0 Å². The van der Waals surface area contributed by atoms with E-state index < -0.39 is 0 Å². The van der Waals surface area contributed by atoms with E-state index in [9.17, 15) is 0 Å². The van der Waals surface area contributed by atoms with Crippen LogP contribution in [0.5, 0.6) is 0 Å². The molecule has 0 unspecified atom stereocenters. The second-order valence-electron chi connectivity index (χ2n) is 3.14. The van der Waals surface area contributed by atoms with Gasteiger partial charge < -0.3 is 4.57 Å². The largest absolute Gasteiger partial charge is 0.304 e. The van der Waals surface area contributed by atoms with Gasteiger partial charge in [0.25, 0.3) is 0 Å². The maximum Gasteiger partial charge on any atom is 0.110 e. The maximum atomic E-state index is 4.19. The molecule has 0 saturated carbocycles. The fourth-order valence-electron chi connectivity index (χ4n) is 1.45. The van der Waals surface area contributed by atoms with E-state index in [1.807, 2.05) is 35.9 Å². The van der Waals surface area contributed by atoms with Crippen LogP contribution in [0.1, 0.15) is 11.4 Å². The number of imidazole rings is 1. The van der Waals surface area contributed by atoms with Gasteiger partial charge in [-0.3, -0.25) is 0 Å². The van der Waals surface area contributed by atoms with E-state index in [0.717, 1.165) is 17.1 Å². The molecule has 0 N–H and O–H groups in total. The quantitative estimate of drug-likeness (QED) is 0.701. The third-order valence-corrected chi connectivity index (χ3v) is 2.21. The Morgan fingerprint density at radius 2 is 2.29 bits per heavy atom. The molecule has 0 saturated heterocycles. The predicted molar refractivity (Wildman–Crippen MR) is 58.4 cm³/mol. The minimum absolute atomic E-state index is 0.992. The van der Waals surface area contributed by atoms with Crippen LogP contribution in [0.15, 0.2) is 43.2 Å². The highest BCUT2D eigenvalue weighted by atomic mass is 15.1. The maximum absolute atomic E-state index is 4.19. The van der Waals surface area contributed by atoms with Crippen LogP contribution in [0, 0.1) is 6.92 Å². The second-order valence-corrected chi connectivity index (χ2v) is 3.14. The zero-order valence-corrected chi connectivity index (χ0v) is 8.14. The molecule has 0 amide bonds. The Morgan fingerprint density at radius 1 is 1.43 bits per heavy atom. The van der Waals surface area contributed by atoms with Gasteiger partial charge >= 0.3 is 0 Å². The Balaban J connectivity index is 2.52. The van der Waals surface area contributed by atoms with E-state index in [-0.39, 0.29) is 0 Å². The molecular weight excluding hydrogens is 172 g/mol. The van der Waals surface area contributed by atoms with Gasteiger partial charge in [-0.25, -0.2) is 4.98 Å². The van der Waals surface area contributed by atoms with Crippen molar-refractivity contribution in [2.24, 2.45) is 0 Å². The van der Waals surface area contributed by atoms with E-state index in [4.69, 9.17) is 0 Å². The van der Waals surface area contributed by atoms with E-state index in [0.29, 0.717) is 0 Å². The van der Waals surface area contributed by atoms with E-state index in [1.54, 1.807) is 6.20 Å². The summed E-state index contributed by atoms with van der Waals surface area (Å²) >= 11 is 0. The fourth-order valence-corrected chi connectivity index (χ4v) is 1.45. The SMILES string of the molecule is C=Cc1cccc(-n2ccnc2C)c1. The Bertz CT molecular complexity index is 455. The first kappa shape index (κ1) is 8.75. The number of aromatic nitrogens is 2. The van der Waals surface area contributed by atoms with Crippen LogP contribution in [0.2, 0.25) is 0 Å². The molecule has 0 fully saturated rings. The molecule has 0 atom stereocenters. The van der Waals surface area contributed by atoms with Crippen LogP contribution >= 0.6 is 0 Å². The number of aryl methyl sites for hydroxylation is 1. The molecule has 0 aliphatic rings. The molecule has 2 rings (SSSR count). The predicted octanol–water partition coefficient (Wildman–Crippen LogP) is 2.82. The Morgan fingerprint density at radius 3 is 2.93 bits per heavy atom. The van der Waals surface area contributed by atoms with Crippen molar-refractivity contribution in [3.8, 4) is 5.69 Å². The third kappa shape index (κ3) is 1.46. The van der Waals surface area contributed by atoms with Crippen molar-refractivity contribution in [2.45, 2.75) is 6.92 Å². The van der Waals surface area contributed by atoms with Crippen molar-refractivity contribution in [1.29, 1.82) is 0 Å². The summed E-state index contributed by atoms with van der Waals surface area (Å²) in [5.74, 6) is 0.992. The number of nitrogens with zero attached hydrogens (tertiary/aromatic N) is 2. The van der Waals surface area contributed by atoms with E-state index in [2.05, 4.69) is 23.7 Å². The molecule has 2 nitrogen and oxygen atoms in total. The van der Waals surface area contributed by atoms with Crippen LogP contribution in [-0.4, -0.2) is 9.55 Å².